The van der Waals surface area contributed by atoms with Crippen LogP contribution in [0.3, 0.4) is 0 Å². The van der Waals surface area contributed by atoms with Gasteiger partial charge < -0.3 is 19.8 Å². The molecule has 0 aromatic carbocycles. The normalized spacial score (nSPS) is 19.8. The van der Waals surface area contributed by atoms with Crippen LogP contribution in [0.25, 0.3) is 0 Å². The molecule has 0 radical (unpaired) electrons. The van der Waals surface area contributed by atoms with Crippen molar-refractivity contribution in [2.24, 2.45) is 7.05 Å². The highest BCUT2D eigenvalue weighted by atomic mass is 16.7. The predicted molar refractivity (Wildman–Crippen MR) is 96.6 cm³/mol. The van der Waals surface area contributed by atoms with Crippen molar-refractivity contribution in [3.63, 3.8) is 0 Å². The summed E-state index contributed by atoms with van der Waals surface area (Å²) in [6.45, 7) is 10.00. The molecule has 1 aliphatic heterocycles. The summed E-state index contributed by atoms with van der Waals surface area (Å²) in [5, 5.41) is 4.16. The molecule has 2 aromatic rings. The molecule has 0 saturated carbocycles. The van der Waals surface area contributed by atoms with Gasteiger partial charge in [0.05, 0.1) is 16.9 Å². The Labute approximate surface area is 148 Å². The number of hydrogen-bond acceptors (Lipinski definition) is 6. The Hall–Kier alpha value is -2.06. The van der Waals surface area contributed by atoms with E-state index in [4.69, 9.17) is 19.8 Å². The lowest BCUT2D eigenvalue weighted by Gasteiger charge is -2.32. The van der Waals surface area contributed by atoms with Crippen LogP contribution in [0.4, 0.5) is 5.82 Å². The molecule has 134 valence electrons. The van der Waals surface area contributed by atoms with Crippen molar-refractivity contribution < 1.29 is 14.0 Å². The van der Waals surface area contributed by atoms with E-state index < -0.39 is 18.3 Å². The zero-order valence-electron chi connectivity index (χ0n) is 15.6. The quantitative estimate of drug-likeness (QED) is 0.852. The third-order valence-corrected chi connectivity index (χ3v) is 5.01. The minimum atomic E-state index is -0.507. The maximum absolute atomic E-state index is 6.07. The second-order valence-corrected chi connectivity index (χ2v) is 7.38. The summed E-state index contributed by atoms with van der Waals surface area (Å²) in [5.74, 6) is 0.829. The lowest BCUT2D eigenvalue weighted by atomic mass is 9.80. The van der Waals surface area contributed by atoms with E-state index >= 15 is 0 Å². The number of nitrogen functional groups attached to an aromatic ring is 1. The van der Waals surface area contributed by atoms with Crippen LogP contribution in [-0.4, -0.2) is 33.1 Å². The standard InChI is InChI=1S/C17H25BN4O3/c1-11(13-7-8-21-22(13)6)23-14-9-12(10-20-15(14)19)18-24-16(2,3)17(4,5)25-18/h7-11H,1-6H3,(H2,19,20). The highest BCUT2D eigenvalue weighted by molar-refractivity contribution is 6.62. The van der Waals surface area contributed by atoms with Crippen molar-refractivity contribution in [1.82, 2.24) is 14.8 Å². The highest BCUT2D eigenvalue weighted by Gasteiger charge is 2.52. The molecule has 7 nitrogen and oxygen atoms in total. The van der Waals surface area contributed by atoms with Crippen LogP contribution in [0.2, 0.25) is 0 Å². The smallest absolute Gasteiger partial charge is 0.481 e. The van der Waals surface area contributed by atoms with Crippen molar-refractivity contribution in [2.45, 2.75) is 51.9 Å². The second kappa shape index (κ2) is 6.03. The first kappa shape index (κ1) is 17.8. The number of nitrogens with zero attached hydrogens (tertiary/aromatic N) is 3. The molecular formula is C17H25BN4O3. The fraction of sp³-hybridized carbons (Fsp3) is 0.529. The topological polar surface area (TPSA) is 84.4 Å². The summed E-state index contributed by atoms with van der Waals surface area (Å²) in [6, 6.07) is 3.74. The van der Waals surface area contributed by atoms with Crippen LogP contribution in [0.5, 0.6) is 5.75 Å². The van der Waals surface area contributed by atoms with Crippen LogP contribution in [0.15, 0.2) is 24.5 Å². The Balaban J connectivity index is 1.83. The van der Waals surface area contributed by atoms with Gasteiger partial charge in [0.15, 0.2) is 11.6 Å². The third kappa shape index (κ3) is 3.24. The number of aromatic nitrogens is 3. The van der Waals surface area contributed by atoms with Gasteiger partial charge in [-0.15, -0.1) is 0 Å². The van der Waals surface area contributed by atoms with Crippen molar-refractivity contribution in [3.05, 3.63) is 30.2 Å². The molecule has 2 aromatic heterocycles. The van der Waals surface area contributed by atoms with Gasteiger partial charge in [-0.25, -0.2) is 4.98 Å². The Bertz CT molecular complexity index is 759. The summed E-state index contributed by atoms with van der Waals surface area (Å²) in [7, 11) is 1.37. The monoisotopic (exact) mass is 344 g/mol. The van der Waals surface area contributed by atoms with Crippen LogP contribution in [-0.2, 0) is 16.4 Å². The Kier molecular flexibility index (Phi) is 4.29. The highest BCUT2D eigenvalue weighted by Crippen LogP contribution is 2.37. The van der Waals surface area contributed by atoms with E-state index in [2.05, 4.69) is 10.1 Å². The first-order valence-corrected chi connectivity index (χ1v) is 8.36. The lowest BCUT2D eigenvalue weighted by Crippen LogP contribution is -2.41. The number of anilines is 1. The molecule has 0 spiro atoms. The van der Waals surface area contributed by atoms with Crippen LogP contribution in [0.1, 0.15) is 46.4 Å². The SMILES string of the molecule is CC(Oc1cc(B2OC(C)(C)C(C)(C)O2)cnc1N)c1ccnn1C. The summed E-state index contributed by atoms with van der Waals surface area (Å²) >= 11 is 0. The van der Waals surface area contributed by atoms with Gasteiger partial charge in [-0.1, -0.05) is 0 Å². The fourth-order valence-corrected chi connectivity index (χ4v) is 2.71. The first-order valence-electron chi connectivity index (χ1n) is 8.36. The average molecular weight is 344 g/mol. The van der Waals surface area contributed by atoms with Crippen molar-refractivity contribution >= 4 is 18.4 Å². The largest absolute Gasteiger partial charge is 0.496 e. The van der Waals surface area contributed by atoms with E-state index in [1.165, 1.54) is 0 Å². The number of rotatable bonds is 4. The molecule has 25 heavy (non-hydrogen) atoms. The molecular weight excluding hydrogens is 319 g/mol. The number of aryl methyl sites for hydroxylation is 1. The van der Waals surface area contributed by atoms with Crippen LogP contribution in [0, 0.1) is 0 Å². The van der Waals surface area contributed by atoms with E-state index in [-0.39, 0.29) is 6.10 Å². The first-order chi connectivity index (χ1) is 11.6. The molecule has 0 bridgehead atoms. The summed E-state index contributed by atoms with van der Waals surface area (Å²) in [5.41, 5.74) is 6.89. The van der Waals surface area contributed by atoms with Crippen molar-refractivity contribution in [2.75, 3.05) is 5.73 Å². The van der Waals surface area contributed by atoms with E-state index in [0.717, 1.165) is 11.2 Å². The number of ether oxygens (including phenoxy) is 1. The minimum Gasteiger partial charge on any atom is -0.481 e. The zero-order chi connectivity index (χ0) is 18.4. The van der Waals surface area contributed by atoms with Gasteiger partial charge >= 0.3 is 7.12 Å². The van der Waals surface area contributed by atoms with Crippen LogP contribution >= 0.6 is 0 Å². The summed E-state index contributed by atoms with van der Waals surface area (Å²) in [4.78, 5) is 4.25. The van der Waals surface area contributed by atoms with E-state index in [9.17, 15) is 0 Å². The molecule has 0 aliphatic carbocycles. The summed E-state index contributed by atoms with van der Waals surface area (Å²) < 4.78 is 19.9. The van der Waals surface area contributed by atoms with Gasteiger partial charge in [-0.05, 0) is 46.8 Å². The molecule has 1 aliphatic rings. The number of pyridine rings is 1. The average Bonchev–Trinajstić information content (AvgIpc) is 3.02. The molecule has 2 N–H and O–H groups in total. The van der Waals surface area contributed by atoms with Gasteiger partial charge in [0.2, 0.25) is 0 Å². The molecule has 8 heteroatoms. The molecule has 1 fully saturated rings. The second-order valence-electron chi connectivity index (χ2n) is 7.38. The zero-order valence-corrected chi connectivity index (χ0v) is 15.6. The molecule has 3 heterocycles. The Morgan fingerprint density at radius 1 is 1.24 bits per heavy atom. The molecule has 3 rings (SSSR count). The fourth-order valence-electron chi connectivity index (χ4n) is 2.71. The molecule has 1 saturated heterocycles. The maximum Gasteiger partial charge on any atom is 0.496 e. The minimum absolute atomic E-state index is 0.217. The van der Waals surface area contributed by atoms with Crippen molar-refractivity contribution in [3.8, 4) is 5.75 Å². The maximum atomic E-state index is 6.07. The molecule has 0 amide bonds. The Morgan fingerprint density at radius 3 is 2.44 bits per heavy atom. The molecule has 1 unspecified atom stereocenters. The van der Waals surface area contributed by atoms with E-state index in [1.807, 2.05) is 53.8 Å². The Morgan fingerprint density at radius 2 is 1.88 bits per heavy atom. The van der Waals surface area contributed by atoms with E-state index in [0.29, 0.717) is 11.6 Å². The van der Waals surface area contributed by atoms with Crippen LogP contribution < -0.4 is 15.9 Å². The predicted octanol–water partition coefficient (Wildman–Crippen LogP) is 1.84. The van der Waals surface area contributed by atoms with E-state index in [1.54, 1.807) is 17.1 Å². The van der Waals surface area contributed by atoms with Gasteiger partial charge in [0, 0.05) is 24.9 Å². The lowest BCUT2D eigenvalue weighted by molar-refractivity contribution is 0.00578. The third-order valence-electron chi connectivity index (χ3n) is 5.01. The summed E-state index contributed by atoms with van der Waals surface area (Å²) in [6.07, 6.45) is 3.18. The van der Waals surface area contributed by atoms with Gasteiger partial charge in [-0.3, -0.25) is 4.68 Å². The number of nitrogens with two attached hydrogens (primary N) is 1. The molecule has 1 atom stereocenters. The van der Waals surface area contributed by atoms with Crippen molar-refractivity contribution in [1.29, 1.82) is 0 Å². The van der Waals surface area contributed by atoms with Gasteiger partial charge in [-0.2, -0.15) is 5.10 Å². The van der Waals surface area contributed by atoms with Gasteiger partial charge in [0.1, 0.15) is 6.10 Å². The van der Waals surface area contributed by atoms with Gasteiger partial charge in [0.25, 0.3) is 0 Å². The number of hydrogen-bond donors (Lipinski definition) is 1.